The lowest BCUT2D eigenvalue weighted by atomic mass is 9.35. The lowest BCUT2D eigenvalue weighted by Crippen LogP contribution is -2.57. The minimum Gasteiger partial charge on any atom is -0.458 e. The molecule has 0 N–H and O–H groups in total. The summed E-state index contributed by atoms with van der Waals surface area (Å²) in [5.41, 5.74) is 17.2. The van der Waals surface area contributed by atoms with E-state index in [1.165, 1.54) is 82.6 Å². The summed E-state index contributed by atoms with van der Waals surface area (Å²) in [5, 5.41) is 5.16. The molecule has 1 aromatic heterocycles. The van der Waals surface area contributed by atoms with Crippen molar-refractivity contribution in [1.82, 2.24) is 4.57 Å². The van der Waals surface area contributed by atoms with Gasteiger partial charge in [0.15, 0.2) is 0 Å². The Balaban J connectivity index is 0.893. The first-order chi connectivity index (χ1) is 28.3. The minimum atomic E-state index is 0.0704. The summed E-state index contributed by atoms with van der Waals surface area (Å²) in [5.74, 6) is 3.52. The van der Waals surface area contributed by atoms with Gasteiger partial charge in [-0.05, 0) is 109 Å². The van der Waals surface area contributed by atoms with Crippen molar-refractivity contribution < 1.29 is 9.47 Å². The fourth-order valence-corrected chi connectivity index (χ4v) is 10.1. The van der Waals surface area contributed by atoms with Crippen LogP contribution in [0.3, 0.4) is 0 Å². The Kier molecular flexibility index (Phi) is 6.31. The molecule has 2 aliphatic heterocycles. The number of hydrogen-bond donors (Lipinski definition) is 0. The molecule has 0 saturated heterocycles. The Bertz CT molecular complexity index is 3270. The van der Waals surface area contributed by atoms with Gasteiger partial charge in [0.25, 0.3) is 6.71 Å². The van der Waals surface area contributed by atoms with E-state index in [4.69, 9.17) is 9.47 Å². The summed E-state index contributed by atoms with van der Waals surface area (Å²) in [4.78, 5) is 0. The maximum absolute atomic E-state index is 6.60. The van der Waals surface area contributed by atoms with Crippen LogP contribution in [-0.2, 0) is 6.42 Å². The number of para-hydroxylation sites is 3. The number of benzene rings is 9. The average Bonchev–Trinajstić information content (AvgIpc) is 3.83. The second-order valence-electron chi connectivity index (χ2n) is 15.5. The van der Waals surface area contributed by atoms with Crippen LogP contribution in [0.4, 0.5) is 0 Å². The highest BCUT2D eigenvalue weighted by Crippen LogP contribution is 2.46. The molecule has 13 rings (SSSR count). The molecule has 0 unspecified atom stereocenters. The zero-order chi connectivity index (χ0) is 37.2. The Labute approximate surface area is 330 Å². The van der Waals surface area contributed by atoms with Crippen molar-refractivity contribution in [1.29, 1.82) is 0 Å². The van der Waals surface area contributed by atoms with E-state index in [1.807, 2.05) is 12.1 Å². The van der Waals surface area contributed by atoms with Crippen LogP contribution in [0.1, 0.15) is 11.1 Å². The number of rotatable bonds is 3. The summed E-state index contributed by atoms with van der Waals surface area (Å²) in [6, 6.07) is 66.0. The maximum atomic E-state index is 6.60. The van der Waals surface area contributed by atoms with Gasteiger partial charge >= 0.3 is 0 Å². The first kappa shape index (κ1) is 31.0. The van der Waals surface area contributed by atoms with Crippen molar-refractivity contribution in [2.45, 2.75) is 6.42 Å². The molecular formula is C53H32BNO2. The standard InChI is InChI=1S/C53H32BNO2/c1-2-12-37-33(11-1)27-28-47-52(37)40-13-3-6-19-45(40)55(47)46-20-10-16-39-38-15-9-14-36(41(38)31-42(39)46)34-25-23-32(24-26-34)35-29-50-53-51(30-35)57-49-22-8-5-18-44(49)54(53)43-17-4-7-21-48(43)56-50/h1-30H,31H2. The highest BCUT2D eigenvalue weighted by molar-refractivity contribution is 6.98. The molecule has 3 heterocycles. The second kappa shape index (κ2) is 11.6. The lowest BCUT2D eigenvalue weighted by molar-refractivity contribution is 0.465. The van der Waals surface area contributed by atoms with Gasteiger partial charge in [-0.2, -0.15) is 0 Å². The molecule has 57 heavy (non-hydrogen) atoms. The van der Waals surface area contributed by atoms with Crippen molar-refractivity contribution in [2.24, 2.45) is 0 Å². The molecule has 264 valence electrons. The zero-order valence-corrected chi connectivity index (χ0v) is 30.9. The third kappa shape index (κ3) is 4.38. The molecule has 0 amide bonds. The van der Waals surface area contributed by atoms with Gasteiger partial charge in [-0.1, -0.05) is 140 Å². The van der Waals surface area contributed by atoms with E-state index in [0.717, 1.165) is 46.0 Å². The molecule has 1 aliphatic carbocycles. The van der Waals surface area contributed by atoms with Crippen LogP contribution in [0.5, 0.6) is 23.0 Å². The number of fused-ring (bicyclic) bond motifs is 12. The predicted molar refractivity (Wildman–Crippen MR) is 235 cm³/mol. The number of aromatic nitrogens is 1. The molecule has 0 radical (unpaired) electrons. The van der Waals surface area contributed by atoms with Crippen molar-refractivity contribution in [3.63, 3.8) is 0 Å². The van der Waals surface area contributed by atoms with Gasteiger partial charge in [-0.25, -0.2) is 0 Å². The molecular weight excluding hydrogens is 693 g/mol. The van der Waals surface area contributed by atoms with E-state index >= 15 is 0 Å². The third-order valence-corrected chi connectivity index (χ3v) is 12.6. The first-order valence-electron chi connectivity index (χ1n) is 19.7. The Morgan fingerprint density at radius 2 is 1.04 bits per heavy atom. The van der Waals surface area contributed by atoms with Gasteiger partial charge in [0.2, 0.25) is 0 Å². The fourth-order valence-electron chi connectivity index (χ4n) is 10.1. The van der Waals surface area contributed by atoms with Crippen LogP contribution in [0.25, 0.3) is 71.6 Å². The van der Waals surface area contributed by atoms with Gasteiger partial charge in [0.1, 0.15) is 23.0 Å². The van der Waals surface area contributed by atoms with E-state index in [-0.39, 0.29) is 6.71 Å². The highest BCUT2D eigenvalue weighted by atomic mass is 16.5. The number of hydrogen-bond acceptors (Lipinski definition) is 2. The topological polar surface area (TPSA) is 23.4 Å². The van der Waals surface area contributed by atoms with Crippen LogP contribution >= 0.6 is 0 Å². The Hall–Kier alpha value is -7.30. The minimum absolute atomic E-state index is 0.0704. The van der Waals surface area contributed by atoms with Gasteiger partial charge in [0.05, 0.1) is 16.7 Å². The average molecular weight is 726 g/mol. The molecule has 4 heteroatoms. The number of nitrogens with zero attached hydrogens (tertiary/aromatic N) is 1. The largest absolute Gasteiger partial charge is 0.458 e. The van der Waals surface area contributed by atoms with Crippen LogP contribution in [0, 0.1) is 0 Å². The van der Waals surface area contributed by atoms with Crippen molar-refractivity contribution in [3.8, 4) is 62.1 Å². The molecule has 3 aliphatic rings. The molecule has 0 spiro atoms. The molecule has 0 atom stereocenters. The van der Waals surface area contributed by atoms with E-state index < -0.39 is 0 Å². The lowest BCUT2D eigenvalue weighted by Gasteiger charge is -2.33. The molecule has 0 fully saturated rings. The van der Waals surface area contributed by atoms with Crippen molar-refractivity contribution in [3.05, 3.63) is 193 Å². The third-order valence-electron chi connectivity index (χ3n) is 12.6. The Morgan fingerprint density at radius 3 is 1.81 bits per heavy atom. The maximum Gasteiger partial charge on any atom is 0.260 e. The fraction of sp³-hybridized carbons (Fsp3) is 0.0189. The highest BCUT2D eigenvalue weighted by Gasteiger charge is 2.40. The summed E-state index contributed by atoms with van der Waals surface area (Å²) < 4.78 is 15.7. The molecule has 0 bridgehead atoms. The first-order valence-corrected chi connectivity index (χ1v) is 19.7. The summed E-state index contributed by atoms with van der Waals surface area (Å²) in [7, 11) is 0. The van der Waals surface area contributed by atoms with E-state index in [9.17, 15) is 0 Å². The van der Waals surface area contributed by atoms with Crippen LogP contribution < -0.4 is 25.9 Å². The quantitative estimate of drug-likeness (QED) is 0.169. The van der Waals surface area contributed by atoms with E-state index in [2.05, 4.69) is 174 Å². The summed E-state index contributed by atoms with van der Waals surface area (Å²) in [6.45, 7) is 0.0704. The van der Waals surface area contributed by atoms with Crippen LogP contribution in [0.15, 0.2) is 182 Å². The molecule has 9 aromatic carbocycles. The van der Waals surface area contributed by atoms with Gasteiger partial charge < -0.3 is 14.0 Å². The summed E-state index contributed by atoms with van der Waals surface area (Å²) in [6.07, 6.45) is 0.868. The normalized spacial score (nSPS) is 13.1. The van der Waals surface area contributed by atoms with E-state index in [0.29, 0.717) is 0 Å². The molecule has 0 saturated carbocycles. The molecule has 10 aromatic rings. The second-order valence-corrected chi connectivity index (χ2v) is 15.5. The van der Waals surface area contributed by atoms with Gasteiger partial charge in [0, 0.05) is 22.7 Å². The summed E-state index contributed by atoms with van der Waals surface area (Å²) >= 11 is 0. The number of ether oxygens (including phenoxy) is 2. The van der Waals surface area contributed by atoms with Crippen LogP contribution in [-0.4, -0.2) is 11.3 Å². The predicted octanol–water partition coefficient (Wildman–Crippen LogP) is 11.6. The molecule has 3 nitrogen and oxygen atoms in total. The zero-order valence-electron chi connectivity index (χ0n) is 30.9. The monoisotopic (exact) mass is 725 g/mol. The van der Waals surface area contributed by atoms with Crippen LogP contribution in [0.2, 0.25) is 0 Å². The van der Waals surface area contributed by atoms with Crippen molar-refractivity contribution >= 4 is 55.7 Å². The van der Waals surface area contributed by atoms with Gasteiger partial charge in [-0.3, -0.25) is 0 Å². The van der Waals surface area contributed by atoms with E-state index in [1.54, 1.807) is 0 Å². The van der Waals surface area contributed by atoms with Crippen molar-refractivity contribution in [2.75, 3.05) is 0 Å². The smallest absolute Gasteiger partial charge is 0.260 e. The Morgan fingerprint density at radius 1 is 0.421 bits per heavy atom. The SMILES string of the molecule is c1ccc2c(c1)Oc1cc(-c3ccc(-c4cccc5c4Cc4c-5cccc4-n4c5ccccc5c5c6ccccc6ccc54)cc3)cc3c1B2c1ccccc1O3. The van der Waals surface area contributed by atoms with Gasteiger partial charge in [-0.15, -0.1) is 0 Å².